The maximum Gasteiger partial charge on any atom is 0.257 e. The number of nitrogens with one attached hydrogen (secondary N) is 1. The Bertz CT molecular complexity index is 690. The van der Waals surface area contributed by atoms with E-state index < -0.39 is 0 Å². The number of nitrogens with zero attached hydrogens (tertiary/aromatic N) is 2. The standard InChI is InChI=1S/C18H23N3O3.ClH/c1-13-16(14(2)24-20-13)12-23-17-7-4-3-6-15(17)18(22)21-10-5-8-19-9-11-21;/h3-4,6-7,19H,5,8-12H2,1-2H3;1H. The number of amides is 1. The highest BCUT2D eigenvalue weighted by Gasteiger charge is 2.21. The molecule has 0 radical (unpaired) electrons. The second-order valence-corrected chi connectivity index (χ2v) is 5.98. The lowest BCUT2D eigenvalue weighted by molar-refractivity contribution is 0.0761. The van der Waals surface area contributed by atoms with Gasteiger partial charge in [0.25, 0.3) is 5.91 Å². The highest BCUT2D eigenvalue weighted by atomic mass is 35.5. The number of benzene rings is 1. The Hall–Kier alpha value is -2.05. The molecular formula is C18H24ClN3O3. The molecule has 0 atom stereocenters. The summed E-state index contributed by atoms with van der Waals surface area (Å²) < 4.78 is 11.1. The average molecular weight is 366 g/mol. The zero-order chi connectivity index (χ0) is 16.9. The first-order valence-electron chi connectivity index (χ1n) is 8.30. The summed E-state index contributed by atoms with van der Waals surface area (Å²) in [7, 11) is 0. The van der Waals surface area contributed by atoms with Crippen LogP contribution >= 0.6 is 12.4 Å². The van der Waals surface area contributed by atoms with Crippen LogP contribution in [-0.4, -0.2) is 42.1 Å². The summed E-state index contributed by atoms with van der Waals surface area (Å²) >= 11 is 0. The summed E-state index contributed by atoms with van der Waals surface area (Å²) in [6, 6.07) is 7.40. The average Bonchev–Trinajstić information content (AvgIpc) is 2.81. The number of halogens is 1. The van der Waals surface area contributed by atoms with Crippen molar-refractivity contribution in [2.75, 3.05) is 26.2 Å². The van der Waals surface area contributed by atoms with Gasteiger partial charge in [0.15, 0.2) is 0 Å². The van der Waals surface area contributed by atoms with Gasteiger partial charge in [-0.15, -0.1) is 12.4 Å². The van der Waals surface area contributed by atoms with Crippen LogP contribution in [0.15, 0.2) is 28.8 Å². The first kappa shape index (κ1) is 19.3. The summed E-state index contributed by atoms with van der Waals surface area (Å²) in [5, 5.41) is 7.24. The van der Waals surface area contributed by atoms with Crippen molar-refractivity contribution in [2.24, 2.45) is 0 Å². The van der Waals surface area contributed by atoms with E-state index in [1.807, 2.05) is 43.0 Å². The summed E-state index contributed by atoms with van der Waals surface area (Å²) in [6.45, 7) is 7.35. The number of carbonyl (C=O) groups is 1. The molecule has 0 spiro atoms. The molecule has 1 aliphatic rings. The molecule has 1 amide bonds. The van der Waals surface area contributed by atoms with E-state index in [4.69, 9.17) is 9.26 Å². The van der Waals surface area contributed by atoms with Crippen molar-refractivity contribution >= 4 is 18.3 Å². The number of ether oxygens (including phenoxy) is 1. The molecule has 1 aromatic heterocycles. The van der Waals surface area contributed by atoms with Gasteiger partial charge in [-0.05, 0) is 38.9 Å². The van der Waals surface area contributed by atoms with E-state index in [-0.39, 0.29) is 18.3 Å². The fraction of sp³-hybridized carbons (Fsp3) is 0.444. The van der Waals surface area contributed by atoms with Crippen LogP contribution in [-0.2, 0) is 6.61 Å². The van der Waals surface area contributed by atoms with Crippen LogP contribution < -0.4 is 10.1 Å². The van der Waals surface area contributed by atoms with E-state index in [0.717, 1.165) is 49.6 Å². The molecule has 0 saturated carbocycles. The molecule has 1 aliphatic heterocycles. The van der Waals surface area contributed by atoms with Crippen molar-refractivity contribution in [3.63, 3.8) is 0 Å². The SMILES string of the molecule is Cc1noc(C)c1COc1ccccc1C(=O)N1CCCNCC1.Cl. The Morgan fingerprint density at radius 3 is 2.84 bits per heavy atom. The molecule has 0 unspecified atom stereocenters. The van der Waals surface area contributed by atoms with Gasteiger partial charge in [0.05, 0.1) is 16.8 Å². The van der Waals surface area contributed by atoms with Crippen molar-refractivity contribution < 1.29 is 14.1 Å². The zero-order valence-corrected chi connectivity index (χ0v) is 15.4. The molecule has 2 heterocycles. The molecule has 6 nitrogen and oxygen atoms in total. The van der Waals surface area contributed by atoms with Gasteiger partial charge < -0.3 is 19.5 Å². The predicted molar refractivity (Wildman–Crippen MR) is 97.4 cm³/mol. The van der Waals surface area contributed by atoms with E-state index >= 15 is 0 Å². The first-order chi connectivity index (χ1) is 11.7. The van der Waals surface area contributed by atoms with Crippen molar-refractivity contribution in [1.29, 1.82) is 0 Å². The van der Waals surface area contributed by atoms with Crippen molar-refractivity contribution in [3.05, 3.63) is 46.8 Å². The normalized spacial score (nSPS) is 14.6. The Morgan fingerprint density at radius 2 is 2.08 bits per heavy atom. The maximum absolute atomic E-state index is 12.9. The summed E-state index contributed by atoms with van der Waals surface area (Å²) in [5.74, 6) is 1.36. The van der Waals surface area contributed by atoms with E-state index in [2.05, 4.69) is 10.5 Å². The van der Waals surface area contributed by atoms with Gasteiger partial charge in [-0.25, -0.2) is 0 Å². The van der Waals surface area contributed by atoms with Crippen LogP contribution in [0, 0.1) is 13.8 Å². The second-order valence-electron chi connectivity index (χ2n) is 5.98. The third-order valence-corrected chi connectivity index (χ3v) is 4.30. The van der Waals surface area contributed by atoms with E-state index in [1.54, 1.807) is 0 Å². The Kier molecular flexibility index (Phi) is 6.84. The number of para-hydroxylation sites is 1. The lowest BCUT2D eigenvalue weighted by Crippen LogP contribution is -2.34. The molecule has 1 saturated heterocycles. The van der Waals surface area contributed by atoms with Crippen LogP contribution in [0.5, 0.6) is 5.75 Å². The fourth-order valence-corrected chi connectivity index (χ4v) is 2.85. The van der Waals surface area contributed by atoms with Gasteiger partial charge in [0.1, 0.15) is 18.1 Å². The minimum atomic E-state index is 0. The minimum absolute atomic E-state index is 0. The maximum atomic E-state index is 12.9. The molecule has 1 fully saturated rings. The summed E-state index contributed by atoms with van der Waals surface area (Å²) in [5.41, 5.74) is 2.34. The molecule has 136 valence electrons. The lowest BCUT2D eigenvalue weighted by Gasteiger charge is -2.21. The molecule has 1 N–H and O–H groups in total. The van der Waals surface area contributed by atoms with E-state index in [1.165, 1.54) is 0 Å². The largest absolute Gasteiger partial charge is 0.488 e. The molecule has 0 bridgehead atoms. The number of rotatable bonds is 4. The highest BCUT2D eigenvalue weighted by Crippen LogP contribution is 2.23. The lowest BCUT2D eigenvalue weighted by atomic mass is 10.1. The molecular weight excluding hydrogens is 342 g/mol. The van der Waals surface area contributed by atoms with Crippen molar-refractivity contribution in [1.82, 2.24) is 15.4 Å². The van der Waals surface area contributed by atoms with Crippen LogP contribution in [0.3, 0.4) is 0 Å². The predicted octanol–water partition coefficient (Wildman–Crippen LogP) is 2.73. The van der Waals surface area contributed by atoms with Gasteiger partial charge in [0.2, 0.25) is 0 Å². The molecule has 3 rings (SSSR count). The van der Waals surface area contributed by atoms with E-state index in [0.29, 0.717) is 17.9 Å². The summed E-state index contributed by atoms with van der Waals surface area (Å²) in [4.78, 5) is 14.7. The third-order valence-electron chi connectivity index (χ3n) is 4.30. The molecule has 25 heavy (non-hydrogen) atoms. The number of aromatic nitrogens is 1. The first-order valence-corrected chi connectivity index (χ1v) is 8.30. The Labute approximate surface area is 153 Å². The Balaban J connectivity index is 0.00000225. The van der Waals surface area contributed by atoms with Crippen LogP contribution in [0.1, 0.15) is 33.8 Å². The molecule has 0 aliphatic carbocycles. The number of carbonyl (C=O) groups excluding carboxylic acids is 1. The fourth-order valence-electron chi connectivity index (χ4n) is 2.85. The zero-order valence-electron chi connectivity index (χ0n) is 14.6. The van der Waals surface area contributed by atoms with Crippen molar-refractivity contribution in [3.8, 4) is 5.75 Å². The van der Waals surface area contributed by atoms with Crippen LogP contribution in [0.25, 0.3) is 0 Å². The quantitative estimate of drug-likeness (QED) is 0.902. The van der Waals surface area contributed by atoms with Gasteiger partial charge in [-0.3, -0.25) is 4.79 Å². The van der Waals surface area contributed by atoms with Gasteiger partial charge in [-0.1, -0.05) is 17.3 Å². The topological polar surface area (TPSA) is 67.6 Å². The van der Waals surface area contributed by atoms with E-state index in [9.17, 15) is 4.79 Å². The van der Waals surface area contributed by atoms with Crippen LogP contribution in [0.4, 0.5) is 0 Å². The number of aryl methyl sites for hydroxylation is 2. The van der Waals surface area contributed by atoms with Gasteiger partial charge in [0, 0.05) is 19.6 Å². The van der Waals surface area contributed by atoms with Gasteiger partial charge >= 0.3 is 0 Å². The van der Waals surface area contributed by atoms with Crippen molar-refractivity contribution in [2.45, 2.75) is 26.9 Å². The number of hydrogen-bond acceptors (Lipinski definition) is 5. The Morgan fingerprint density at radius 1 is 1.28 bits per heavy atom. The van der Waals surface area contributed by atoms with Crippen LogP contribution in [0.2, 0.25) is 0 Å². The molecule has 7 heteroatoms. The highest BCUT2D eigenvalue weighted by molar-refractivity contribution is 5.97. The monoisotopic (exact) mass is 365 g/mol. The van der Waals surface area contributed by atoms with Gasteiger partial charge in [-0.2, -0.15) is 0 Å². The molecule has 2 aromatic rings. The summed E-state index contributed by atoms with van der Waals surface area (Å²) in [6.07, 6.45) is 0.966. The number of hydrogen-bond donors (Lipinski definition) is 1. The smallest absolute Gasteiger partial charge is 0.257 e. The third kappa shape index (κ3) is 4.52. The molecule has 1 aromatic carbocycles. The minimum Gasteiger partial charge on any atom is -0.488 e. The second kappa shape index (κ2) is 8.87.